The van der Waals surface area contributed by atoms with Crippen LogP contribution in [-0.2, 0) is 10.3 Å². The van der Waals surface area contributed by atoms with Gasteiger partial charge in [-0.1, -0.05) is 13.8 Å². The summed E-state index contributed by atoms with van der Waals surface area (Å²) in [6.07, 6.45) is 6.07. The predicted molar refractivity (Wildman–Crippen MR) is 74.7 cm³/mol. The Balaban J connectivity index is 1.95. The van der Waals surface area contributed by atoms with Crippen LogP contribution in [0.25, 0.3) is 0 Å². The molecular formula is C16H25NO2. The van der Waals surface area contributed by atoms with E-state index in [4.69, 9.17) is 9.25 Å². The fraction of sp³-hybridized carbons (Fsp3) is 0.750. The Labute approximate surface area is 115 Å². The molecule has 0 bridgehead atoms. The van der Waals surface area contributed by atoms with Crippen LogP contribution in [0.3, 0.4) is 0 Å². The molecule has 1 aromatic rings. The van der Waals surface area contributed by atoms with Crippen molar-refractivity contribution in [1.82, 2.24) is 5.06 Å². The normalized spacial score (nSPS) is 42.3. The van der Waals surface area contributed by atoms with Gasteiger partial charge in [-0.3, -0.25) is 4.84 Å². The maximum absolute atomic E-state index is 6.09. The number of hydrogen-bond donors (Lipinski definition) is 0. The number of nitrogens with zero attached hydrogens (tertiary/aromatic N) is 1. The van der Waals surface area contributed by atoms with Crippen LogP contribution in [0.1, 0.15) is 46.1 Å². The van der Waals surface area contributed by atoms with Crippen molar-refractivity contribution in [1.29, 1.82) is 0 Å². The lowest BCUT2D eigenvalue weighted by molar-refractivity contribution is -0.182. The Morgan fingerprint density at radius 2 is 2.00 bits per heavy atom. The molecular weight excluding hydrogens is 238 g/mol. The lowest BCUT2D eigenvalue weighted by Crippen LogP contribution is -2.48. The van der Waals surface area contributed by atoms with E-state index < -0.39 is 0 Å². The number of furan rings is 1. The van der Waals surface area contributed by atoms with Crippen molar-refractivity contribution >= 4 is 0 Å². The minimum Gasteiger partial charge on any atom is -0.472 e. The van der Waals surface area contributed by atoms with Gasteiger partial charge in [0, 0.05) is 19.0 Å². The average molecular weight is 263 g/mol. The molecule has 4 atom stereocenters. The largest absolute Gasteiger partial charge is 0.472 e. The molecule has 0 N–H and O–H groups in total. The van der Waals surface area contributed by atoms with Crippen LogP contribution in [-0.4, -0.2) is 23.8 Å². The molecule has 1 aromatic heterocycles. The molecule has 0 radical (unpaired) electrons. The van der Waals surface area contributed by atoms with Gasteiger partial charge in [-0.2, -0.15) is 5.06 Å². The van der Waals surface area contributed by atoms with Gasteiger partial charge in [0.1, 0.15) is 0 Å². The van der Waals surface area contributed by atoms with E-state index in [0.717, 1.165) is 0 Å². The van der Waals surface area contributed by atoms with Gasteiger partial charge in [-0.25, -0.2) is 0 Å². The van der Waals surface area contributed by atoms with Crippen molar-refractivity contribution in [3.63, 3.8) is 0 Å². The average Bonchev–Trinajstić information content (AvgIpc) is 2.86. The first-order valence-electron chi connectivity index (χ1n) is 7.28. The number of rotatable bonds is 1. The third-order valence-corrected chi connectivity index (χ3v) is 5.35. The van der Waals surface area contributed by atoms with Gasteiger partial charge in [-0.05, 0) is 49.7 Å². The maximum Gasteiger partial charge on any atom is 0.0940 e. The molecule has 19 heavy (non-hydrogen) atoms. The van der Waals surface area contributed by atoms with Crippen molar-refractivity contribution in [3.8, 4) is 0 Å². The molecule has 2 heterocycles. The van der Waals surface area contributed by atoms with Gasteiger partial charge < -0.3 is 4.42 Å². The van der Waals surface area contributed by atoms with Crippen molar-refractivity contribution < 1.29 is 9.25 Å². The molecule has 1 aliphatic carbocycles. The second kappa shape index (κ2) is 4.10. The Kier molecular flexibility index (Phi) is 2.84. The van der Waals surface area contributed by atoms with Crippen LogP contribution < -0.4 is 0 Å². The number of hydrogen-bond acceptors (Lipinski definition) is 3. The first-order valence-corrected chi connectivity index (χ1v) is 7.28. The van der Waals surface area contributed by atoms with Crippen molar-refractivity contribution in [2.75, 3.05) is 7.05 Å². The molecule has 106 valence electrons. The molecule has 3 heteroatoms. The Bertz CT molecular complexity index is 453. The summed E-state index contributed by atoms with van der Waals surface area (Å²) in [7, 11) is 2.09. The van der Waals surface area contributed by atoms with Crippen LogP contribution >= 0.6 is 0 Å². The molecule has 2 fully saturated rings. The van der Waals surface area contributed by atoms with E-state index in [0.29, 0.717) is 17.9 Å². The topological polar surface area (TPSA) is 25.6 Å². The molecule has 3 nitrogen and oxygen atoms in total. The smallest absolute Gasteiger partial charge is 0.0940 e. The monoisotopic (exact) mass is 263 g/mol. The SMILES string of the molecule is CC1CC(C)(c2ccoc2)CC2C1N(C)OC2(C)C. The minimum absolute atomic E-state index is 0.0703. The molecule has 1 saturated carbocycles. The van der Waals surface area contributed by atoms with Crippen molar-refractivity contribution in [3.05, 3.63) is 24.2 Å². The van der Waals surface area contributed by atoms with Gasteiger partial charge in [0.15, 0.2) is 0 Å². The summed E-state index contributed by atoms with van der Waals surface area (Å²) < 4.78 is 5.31. The third-order valence-electron chi connectivity index (χ3n) is 5.35. The predicted octanol–water partition coefficient (Wildman–Crippen LogP) is 3.61. The first kappa shape index (κ1) is 13.2. The van der Waals surface area contributed by atoms with Crippen molar-refractivity contribution in [2.24, 2.45) is 11.8 Å². The highest BCUT2D eigenvalue weighted by molar-refractivity contribution is 5.23. The molecule has 4 unspecified atom stereocenters. The molecule has 2 aliphatic rings. The van der Waals surface area contributed by atoms with Gasteiger partial charge in [0.05, 0.1) is 18.1 Å². The molecule has 1 saturated heterocycles. The highest BCUT2D eigenvalue weighted by Crippen LogP contribution is 2.53. The van der Waals surface area contributed by atoms with E-state index in [1.165, 1.54) is 18.4 Å². The second-order valence-corrected chi connectivity index (χ2v) is 7.30. The van der Waals surface area contributed by atoms with E-state index in [1.54, 1.807) is 6.26 Å². The Morgan fingerprint density at radius 3 is 2.63 bits per heavy atom. The van der Waals surface area contributed by atoms with E-state index in [9.17, 15) is 0 Å². The summed E-state index contributed by atoms with van der Waals surface area (Å²) in [4.78, 5) is 6.09. The molecule has 0 aromatic carbocycles. The fourth-order valence-electron chi connectivity index (χ4n) is 4.53. The Hall–Kier alpha value is -0.800. The van der Waals surface area contributed by atoms with E-state index in [1.807, 2.05) is 6.26 Å². The summed E-state index contributed by atoms with van der Waals surface area (Å²) in [5.41, 5.74) is 1.47. The zero-order chi connectivity index (χ0) is 13.8. The zero-order valence-electron chi connectivity index (χ0n) is 12.6. The van der Waals surface area contributed by atoms with E-state index in [-0.39, 0.29) is 11.0 Å². The quantitative estimate of drug-likeness (QED) is 0.774. The molecule has 1 aliphatic heterocycles. The molecule has 0 spiro atoms. The van der Waals surface area contributed by atoms with E-state index >= 15 is 0 Å². The summed E-state index contributed by atoms with van der Waals surface area (Å²) >= 11 is 0. The van der Waals surface area contributed by atoms with Gasteiger partial charge >= 0.3 is 0 Å². The second-order valence-electron chi connectivity index (χ2n) is 7.30. The Morgan fingerprint density at radius 1 is 1.26 bits per heavy atom. The highest BCUT2D eigenvalue weighted by Gasteiger charge is 2.55. The zero-order valence-corrected chi connectivity index (χ0v) is 12.6. The molecule has 0 amide bonds. The summed E-state index contributed by atoms with van der Waals surface area (Å²) in [5, 5.41) is 2.10. The third kappa shape index (κ3) is 1.95. The standard InChI is InChI=1S/C16H25NO2/c1-11-8-16(4,12-6-7-18-10-12)9-13-14(11)17(5)19-15(13,2)3/h6-7,10-11,13-14H,8-9H2,1-5H3. The highest BCUT2D eigenvalue weighted by atomic mass is 16.7. The number of hydroxylamine groups is 2. The lowest BCUT2D eigenvalue weighted by atomic mass is 9.59. The van der Waals surface area contributed by atoms with Crippen LogP contribution in [0.2, 0.25) is 0 Å². The minimum atomic E-state index is -0.0703. The summed E-state index contributed by atoms with van der Waals surface area (Å²) in [5.74, 6) is 1.20. The van der Waals surface area contributed by atoms with Gasteiger partial charge in [0.25, 0.3) is 0 Å². The first-order chi connectivity index (χ1) is 8.83. The maximum atomic E-state index is 6.09. The van der Waals surface area contributed by atoms with Crippen LogP contribution in [0.4, 0.5) is 0 Å². The molecule has 3 rings (SSSR count). The van der Waals surface area contributed by atoms with Gasteiger partial charge in [-0.15, -0.1) is 0 Å². The van der Waals surface area contributed by atoms with Crippen LogP contribution in [0, 0.1) is 11.8 Å². The van der Waals surface area contributed by atoms with Gasteiger partial charge in [0.2, 0.25) is 0 Å². The fourth-order valence-corrected chi connectivity index (χ4v) is 4.53. The van der Waals surface area contributed by atoms with E-state index in [2.05, 4.69) is 45.9 Å². The van der Waals surface area contributed by atoms with Crippen LogP contribution in [0.15, 0.2) is 23.0 Å². The summed E-state index contributed by atoms with van der Waals surface area (Å²) in [6.45, 7) is 9.18. The lowest BCUT2D eigenvalue weighted by Gasteiger charge is -2.45. The number of fused-ring (bicyclic) bond motifs is 1. The van der Waals surface area contributed by atoms with Crippen LogP contribution in [0.5, 0.6) is 0 Å². The summed E-state index contributed by atoms with van der Waals surface area (Å²) in [6, 6.07) is 2.66. The van der Waals surface area contributed by atoms with Crippen molar-refractivity contribution in [2.45, 2.75) is 57.6 Å².